The molecule has 0 heterocycles. The van der Waals surface area contributed by atoms with Gasteiger partial charge in [-0.2, -0.15) is 13.2 Å². The van der Waals surface area contributed by atoms with E-state index in [1.165, 1.54) is 12.1 Å². The third-order valence-electron chi connectivity index (χ3n) is 2.39. The van der Waals surface area contributed by atoms with Gasteiger partial charge in [0.25, 0.3) is 0 Å². The molecule has 0 spiro atoms. The molecular formula is C12H16BF3O2. The molecular weight excluding hydrogens is 244 g/mol. The Balaban J connectivity index is 2.68. The van der Waals surface area contributed by atoms with E-state index in [-0.39, 0.29) is 13.5 Å². The SMILES string of the molecule is CB(OCC(C)(C)O)c1ccc(C(F)(F)F)cc1. The maximum atomic E-state index is 12.4. The van der Waals surface area contributed by atoms with Gasteiger partial charge in [-0.05, 0) is 19.3 Å². The third kappa shape index (κ3) is 4.70. The van der Waals surface area contributed by atoms with Crippen molar-refractivity contribution in [2.75, 3.05) is 6.61 Å². The highest BCUT2D eigenvalue weighted by Crippen LogP contribution is 2.28. The third-order valence-corrected chi connectivity index (χ3v) is 2.39. The van der Waals surface area contributed by atoms with Crippen LogP contribution in [0, 0.1) is 0 Å². The quantitative estimate of drug-likeness (QED) is 0.842. The Labute approximate surface area is 105 Å². The number of hydrogen-bond donors (Lipinski definition) is 1. The Kier molecular flexibility index (Phi) is 4.45. The smallest absolute Gasteiger partial charge is 0.416 e. The minimum atomic E-state index is -4.32. The molecule has 1 aromatic carbocycles. The van der Waals surface area contributed by atoms with Crippen LogP contribution in [0.25, 0.3) is 0 Å². The molecule has 0 radical (unpaired) electrons. The minimum absolute atomic E-state index is 0.120. The largest absolute Gasteiger partial charge is 0.428 e. The summed E-state index contributed by atoms with van der Waals surface area (Å²) in [6, 6.07) is 4.83. The first-order chi connectivity index (χ1) is 8.09. The molecule has 0 fully saturated rings. The molecule has 2 nitrogen and oxygen atoms in total. The molecule has 6 heteroatoms. The molecule has 1 aromatic rings. The van der Waals surface area contributed by atoms with Gasteiger partial charge in [0.1, 0.15) is 0 Å². The predicted molar refractivity (Wildman–Crippen MR) is 64.9 cm³/mol. The van der Waals surface area contributed by atoms with Gasteiger partial charge in [0.15, 0.2) is 0 Å². The second-order valence-electron chi connectivity index (χ2n) is 4.89. The van der Waals surface area contributed by atoms with E-state index in [1.54, 1.807) is 20.7 Å². The highest BCUT2D eigenvalue weighted by Gasteiger charge is 2.30. The summed E-state index contributed by atoms with van der Waals surface area (Å²) < 4.78 is 42.5. The maximum Gasteiger partial charge on any atom is 0.416 e. The summed E-state index contributed by atoms with van der Waals surface area (Å²) in [4.78, 5) is 0. The van der Waals surface area contributed by atoms with Gasteiger partial charge >= 0.3 is 13.1 Å². The van der Waals surface area contributed by atoms with Gasteiger partial charge in [0, 0.05) is 0 Å². The fourth-order valence-corrected chi connectivity index (χ4v) is 1.37. The van der Waals surface area contributed by atoms with Crippen LogP contribution in [-0.4, -0.2) is 24.2 Å². The van der Waals surface area contributed by atoms with Gasteiger partial charge in [-0.25, -0.2) is 0 Å². The average molecular weight is 260 g/mol. The number of alkyl halides is 3. The molecule has 1 rings (SSSR count). The molecule has 0 saturated carbocycles. The Morgan fingerprint density at radius 3 is 2.06 bits per heavy atom. The molecule has 0 bridgehead atoms. The summed E-state index contributed by atoms with van der Waals surface area (Å²) in [5.41, 5.74) is -0.992. The molecule has 0 aliphatic rings. The highest BCUT2D eigenvalue weighted by molar-refractivity contribution is 6.66. The van der Waals surface area contributed by atoms with Crippen LogP contribution in [0.1, 0.15) is 19.4 Å². The number of halogens is 3. The summed E-state index contributed by atoms with van der Waals surface area (Å²) in [5, 5.41) is 9.49. The monoisotopic (exact) mass is 260 g/mol. The number of benzene rings is 1. The Morgan fingerprint density at radius 1 is 1.17 bits per heavy atom. The molecule has 0 aliphatic heterocycles. The van der Waals surface area contributed by atoms with Crippen LogP contribution in [0.5, 0.6) is 0 Å². The Hall–Kier alpha value is -1.01. The number of hydrogen-bond acceptors (Lipinski definition) is 2. The lowest BCUT2D eigenvalue weighted by molar-refractivity contribution is -0.137. The molecule has 100 valence electrons. The van der Waals surface area contributed by atoms with Gasteiger partial charge in [-0.1, -0.05) is 31.1 Å². The zero-order valence-corrected chi connectivity index (χ0v) is 10.6. The van der Waals surface area contributed by atoms with Crippen molar-refractivity contribution >= 4 is 12.4 Å². The first-order valence-corrected chi connectivity index (χ1v) is 5.61. The standard InChI is InChI=1S/C12H16BF3O2/c1-11(2,17)8-18-13(3)10-6-4-9(5-7-10)12(14,15)16/h4-7,17H,8H2,1-3H3. The number of rotatable bonds is 4. The average Bonchev–Trinajstić information content (AvgIpc) is 2.24. The lowest BCUT2D eigenvalue weighted by atomic mass is 9.63. The second-order valence-corrected chi connectivity index (χ2v) is 4.89. The van der Waals surface area contributed by atoms with Crippen LogP contribution >= 0.6 is 0 Å². The first-order valence-electron chi connectivity index (χ1n) is 5.61. The zero-order valence-electron chi connectivity index (χ0n) is 10.6. The summed E-state index contributed by atoms with van der Waals surface area (Å²) in [7, 11) is 0. The first kappa shape index (κ1) is 15.1. The topological polar surface area (TPSA) is 29.5 Å². The minimum Gasteiger partial charge on any atom is -0.428 e. The van der Waals surface area contributed by atoms with Gasteiger partial charge < -0.3 is 9.76 Å². The summed E-state index contributed by atoms with van der Waals surface area (Å²) >= 11 is 0. The highest BCUT2D eigenvalue weighted by atomic mass is 19.4. The van der Waals surface area contributed by atoms with Crippen LogP contribution in [0.4, 0.5) is 13.2 Å². The molecule has 1 N–H and O–H groups in total. The molecule has 0 amide bonds. The van der Waals surface area contributed by atoms with Crippen LogP contribution < -0.4 is 5.46 Å². The normalized spacial score (nSPS) is 12.6. The van der Waals surface area contributed by atoms with Crippen molar-refractivity contribution in [3.05, 3.63) is 29.8 Å². The number of aliphatic hydroxyl groups is 1. The molecule has 0 aliphatic carbocycles. The molecule has 0 saturated heterocycles. The molecule has 0 atom stereocenters. The fraction of sp³-hybridized carbons (Fsp3) is 0.500. The summed E-state index contributed by atoms with van der Waals surface area (Å²) in [6.07, 6.45) is -4.32. The molecule has 0 unspecified atom stereocenters. The van der Waals surface area contributed by atoms with E-state index >= 15 is 0 Å². The van der Waals surface area contributed by atoms with E-state index in [9.17, 15) is 18.3 Å². The molecule has 18 heavy (non-hydrogen) atoms. The van der Waals surface area contributed by atoms with Gasteiger partial charge in [-0.3, -0.25) is 0 Å². The lowest BCUT2D eigenvalue weighted by Crippen LogP contribution is -2.36. The van der Waals surface area contributed by atoms with Crippen molar-refractivity contribution in [2.24, 2.45) is 0 Å². The van der Waals surface area contributed by atoms with Crippen molar-refractivity contribution in [1.82, 2.24) is 0 Å². The van der Waals surface area contributed by atoms with Crippen LogP contribution in [-0.2, 0) is 10.8 Å². The van der Waals surface area contributed by atoms with Crippen LogP contribution in [0.15, 0.2) is 24.3 Å². The van der Waals surface area contributed by atoms with Crippen LogP contribution in [0.2, 0.25) is 6.82 Å². The maximum absolute atomic E-state index is 12.4. The predicted octanol–water partition coefficient (Wildman–Crippen LogP) is 2.32. The van der Waals surface area contributed by atoms with E-state index in [1.807, 2.05) is 0 Å². The lowest BCUT2D eigenvalue weighted by Gasteiger charge is -2.20. The van der Waals surface area contributed by atoms with Crippen molar-refractivity contribution in [2.45, 2.75) is 32.4 Å². The second kappa shape index (κ2) is 5.32. The molecule has 0 aromatic heterocycles. The van der Waals surface area contributed by atoms with Crippen molar-refractivity contribution in [3.63, 3.8) is 0 Å². The van der Waals surface area contributed by atoms with Crippen molar-refractivity contribution in [3.8, 4) is 0 Å². The summed E-state index contributed by atoms with van der Waals surface area (Å²) in [5.74, 6) is 0. The van der Waals surface area contributed by atoms with E-state index in [0.29, 0.717) is 5.46 Å². The van der Waals surface area contributed by atoms with Gasteiger partial charge in [-0.15, -0.1) is 0 Å². The Morgan fingerprint density at radius 2 is 1.67 bits per heavy atom. The zero-order chi connectivity index (χ0) is 14.0. The van der Waals surface area contributed by atoms with Gasteiger partial charge in [0.05, 0.1) is 17.8 Å². The summed E-state index contributed by atoms with van der Waals surface area (Å²) in [6.45, 7) is 4.70. The van der Waals surface area contributed by atoms with Crippen molar-refractivity contribution in [1.29, 1.82) is 0 Å². The van der Waals surface area contributed by atoms with Crippen LogP contribution in [0.3, 0.4) is 0 Å². The fourth-order valence-electron chi connectivity index (χ4n) is 1.37. The van der Waals surface area contributed by atoms with E-state index in [4.69, 9.17) is 4.65 Å². The van der Waals surface area contributed by atoms with Gasteiger partial charge in [0.2, 0.25) is 0 Å². The van der Waals surface area contributed by atoms with E-state index < -0.39 is 17.3 Å². The van der Waals surface area contributed by atoms with Crippen molar-refractivity contribution < 1.29 is 22.9 Å². The Bertz CT molecular complexity index is 382. The van der Waals surface area contributed by atoms with E-state index in [2.05, 4.69) is 0 Å². The van der Waals surface area contributed by atoms with E-state index in [0.717, 1.165) is 12.1 Å².